The van der Waals surface area contributed by atoms with E-state index >= 15 is 0 Å². The Morgan fingerprint density at radius 2 is 1.81 bits per heavy atom. The van der Waals surface area contributed by atoms with Gasteiger partial charge in [-0.3, -0.25) is 19.3 Å². The average molecular weight is 443 g/mol. The highest BCUT2D eigenvalue weighted by molar-refractivity contribution is 6.22. The van der Waals surface area contributed by atoms with Crippen LogP contribution in [0.5, 0.6) is 5.75 Å². The molecule has 0 bridgehead atoms. The summed E-state index contributed by atoms with van der Waals surface area (Å²) >= 11 is 0. The number of hydrogen-bond acceptors (Lipinski definition) is 9. The summed E-state index contributed by atoms with van der Waals surface area (Å²) in [5, 5.41) is 44.1. The predicted octanol–water partition coefficient (Wildman–Crippen LogP) is -0.651. The van der Waals surface area contributed by atoms with Crippen LogP contribution in [-0.2, 0) is 9.59 Å². The monoisotopic (exact) mass is 443 g/mol. The van der Waals surface area contributed by atoms with Crippen molar-refractivity contribution in [1.82, 2.24) is 4.90 Å². The number of aliphatic hydroxyl groups excluding tert-OH is 2. The third-order valence-corrected chi connectivity index (χ3v) is 7.01. The van der Waals surface area contributed by atoms with Crippen molar-refractivity contribution in [3.8, 4) is 5.75 Å². The fourth-order valence-corrected chi connectivity index (χ4v) is 5.53. The summed E-state index contributed by atoms with van der Waals surface area (Å²) in [5.41, 5.74) is 8.21. The van der Waals surface area contributed by atoms with Crippen LogP contribution in [0.3, 0.4) is 0 Å². The summed E-state index contributed by atoms with van der Waals surface area (Å²) in [6.45, 7) is 1.74. The lowest BCUT2D eigenvalue weighted by atomic mass is 9.56. The van der Waals surface area contributed by atoms with Gasteiger partial charge in [0.05, 0.1) is 23.4 Å². The zero-order chi connectivity index (χ0) is 23.9. The molecule has 1 aromatic carbocycles. The van der Waals surface area contributed by atoms with Crippen molar-refractivity contribution in [3.63, 3.8) is 0 Å². The first kappa shape index (κ1) is 22.0. The molecule has 3 aliphatic carbocycles. The summed E-state index contributed by atoms with van der Waals surface area (Å²) in [6.07, 6.45) is -0.388. The molecule has 3 unspecified atom stereocenters. The number of phenols is 1. The number of ketones is 2. The minimum absolute atomic E-state index is 0.00834. The molecule has 32 heavy (non-hydrogen) atoms. The normalized spacial score (nSPS) is 34.1. The number of rotatable bonds is 2. The highest BCUT2D eigenvalue weighted by Gasteiger charge is 2.62. The van der Waals surface area contributed by atoms with Gasteiger partial charge in [-0.15, -0.1) is 0 Å². The van der Waals surface area contributed by atoms with Crippen LogP contribution in [0.25, 0.3) is 0 Å². The van der Waals surface area contributed by atoms with E-state index in [1.807, 2.05) is 0 Å². The number of phenolic OH excluding ortho intramolecular Hbond substituents is 1. The molecule has 8 N–H and O–H groups in total. The Hall–Kier alpha value is -3.21. The lowest BCUT2D eigenvalue weighted by Crippen LogP contribution is -2.66. The van der Waals surface area contributed by atoms with Crippen LogP contribution in [0, 0.1) is 11.8 Å². The number of hydrogen-bond donors (Lipinski definition) is 6. The number of carbonyl (C=O) groups excluding carboxylic acids is 3. The SMILES string of the molecule is C[C@H]1c2ccc(N)c(O)c2C(=O)C2=C[C@]3(O)C(O)=C(C(N)=O)C(=O)[C@@H](N(C)C)C3C(O)C21. The number of nitrogen functional groups attached to an aromatic ring is 1. The average Bonchev–Trinajstić information content (AvgIpc) is 2.69. The molecule has 0 saturated heterocycles. The van der Waals surface area contributed by atoms with Crippen LogP contribution >= 0.6 is 0 Å². The summed E-state index contributed by atoms with van der Waals surface area (Å²) in [6, 6.07) is 1.85. The van der Waals surface area contributed by atoms with Gasteiger partial charge in [-0.1, -0.05) is 13.0 Å². The van der Waals surface area contributed by atoms with Gasteiger partial charge in [0.2, 0.25) is 0 Å². The van der Waals surface area contributed by atoms with Crippen LogP contribution in [0.4, 0.5) is 5.69 Å². The third kappa shape index (κ3) is 2.60. The largest absolute Gasteiger partial charge is 0.508 e. The molecular formula is C22H25N3O7. The lowest BCUT2D eigenvalue weighted by Gasteiger charge is -2.52. The zero-order valence-corrected chi connectivity index (χ0v) is 17.7. The van der Waals surface area contributed by atoms with Crippen molar-refractivity contribution in [2.45, 2.75) is 30.6 Å². The summed E-state index contributed by atoms with van der Waals surface area (Å²) in [4.78, 5) is 39.8. The molecule has 0 aromatic heterocycles. The van der Waals surface area contributed by atoms with E-state index in [2.05, 4.69) is 0 Å². The molecule has 1 aromatic rings. The molecule has 0 fully saturated rings. The van der Waals surface area contributed by atoms with Crippen LogP contribution < -0.4 is 11.5 Å². The van der Waals surface area contributed by atoms with Crippen LogP contribution in [0.2, 0.25) is 0 Å². The second-order valence-electron chi connectivity index (χ2n) is 8.91. The van der Waals surface area contributed by atoms with Gasteiger partial charge in [0, 0.05) is 17.4 Å². The number of Topliss-reactive ketones (excluding diaryl/α,β-unsaturated/α-hetero) is 2. The lowest BCUT2D eigenvalue weighted by molar-refractivity contribution is -0.143. The van der Waals surface area contributed by atoms with E-state index in [1.54, 1.807) is 13.0 Å². The molecule has 0 spiro atoms. The van der Waals surface area contributed by atoms with Crippen molar-refractivity contribution in [2.24, 2.45) is 17.6 Å². The van der Waals surface area contributed by atoms with E-state index in [1.165, 1.54) is 25.1 Å². The molecule has 0 aliphatic heterocycles. The van der Waals surface area contributed by atoms with E-state index in [9.17, 15) is 34.8 Å². The minimum Gasteiger partial charge on any atom is -0.508 e. The molecular weight excluding hydrogens is 418 g/mol. The van der Waals surface area contributed by atoms with Gasteiger partial charge in [0.1, 0.15) is 22.7 Å². The van der Waals surface area contributed by atoms with Crippen molar-refractivity contribution < 1.29 is 34.8 Å². The third-order valence-electron chi connectivity index (χ3n) is 7.01. The smallest absolute Gasteiger partial charge is 0.255 e. The van der Waals surface area contributed by atoms with Crippen LogP contribution in [0.1, 0.15) is 28.8 Å². The molecule has 0 saturated carbocycles. The number of anilines is 1. The number of nitrogens with zero attached hydrogens (tertiary/aromatic N) is 1. The zero-order valence-electron chi connectivity index (χ0n) is 17.7. The van der Waals surface area contributed by atoms with Gasteiger partial charge >= 0.3 is 0 Å². The number of primary amides is 1. The Kier molecular flexibility index (Phi) is 4.74. The molecule has 0 heterocycles. The Morgan fingerprint density at radius 3 is 2.38 bits per heavy atom. The molecule has 6 atom stereocenters. The van der Waals surface area contributed by atoms with Crippen molar-refractivity contribution >= 4 is 23.2 Å². The number of amides is 1. The Morgan fingerprint density at radius 1 is 1.19 bits per heavy atom. The van der Waals surface area contributed by atoms with E-state index in [4.69, 9.17) is 11.5 Å². The van der Waals surface area contributed by atoms with Crippen molar-refractivity contribution in [2.75, 3.05) is 19.8 Å². The molecule has 10 heteroatoms. The van der Waals surface area contributed by atoms with E-state index in [0.29, 0.717) is 5.56 Å². The van der Waals surface area contributed by atoms with Gasteiger partial charge in [-0.25, -0.2) is 0 Å². The number of carbonyl (C=O) groups is 3. The molecule has 10 nitrogen and oxygen atoms in total. The predicted molar refractivity (Wildman–Crippen MR) is 113 cm³/mol. The fraction of sp³-hybridized carbons (Fsp3) is 0.409. The van der Waals surface area contributed by atoms with E-state index in [-0.39, 0.29) is 16.8 Å². The van der Waals surface area contributed by atoms with Gasteiger partial charge in [0.15, 0.2) is 11.6 Å². The quantitative estimate of drug-likeness (QED) is 0.196. The number of aliphatic hydroxyl groups is 3. The Labute approximate surface area is 183 Å². The summed E-state index contributed by atoms with van der Waals surface area (Å²) in [7, 11) is 3.06. The maximum absolute atomic E-state index is 13.4. The topological polar surface area (TPSA) is 187 Å². The second-order valence-corrected chi connectivity index (χ2v) is 8.91. The second kappa shape index (κ2) is 6.89. The van der Waals surface area contributed by atoms with Crippen LogP contribution in [-0.4, -0.2) is 74.6 Å². The van der Waals surface area contributed by atoms with Gasteiger partial charge in [0.25, 0.3) is 5.91 Å². The number of fused-ring (bicyclic) bond motifs is 3. The molecule has 1 amide bonds. The first-order valence-corrected chi connectivity index (χ1v) is 10.1. The number of nitrogens with two attached hydrogens (primary N) is 2. The van der Waals surface area contributed by atoms with E-state index in [0.717, 1.165) is 6.08 Å². The summed E-state index contributed by atoms with van der Waals surface area (Å²) < 4.78 is 0. The van der Waals surface area contributed by atoms with E-state index < -0.39 is 70.1 Å². The Balaban J connectivity index is 2.03. The maximum atomic E-state index is 13.4. The Bertz CT molecular complexity index is 1140. The molecule has 0 radical (unpaired) electrons. The van der Waals surface area contributed by atoms with Crippen molar-refractivity contribution in [3.05, 3.63) is 46.2 Å². The van der Waals surface area contributed by atoms with Crippen molar-refractivity contribution in [1.29, 1.82) is 0 Å². The standard InChI is InChI=1S/C22H25N3O7/c1-7-8-4-5-10(23)17(27)12(8)16(26)9-6-22(32)14(18(28)11(7)9)15(25(2)3)19(29)13(20(22)30)21(24)31/h4-7,11,14-15,18,27-28,30,32H,23H2,1-3H3,(H2,24,31)/t7-,11?,14?,15-,18?,22+/m0/s1. The maximum Gasteiger partial charge on any atom is 0.255 e. The number of likely N-dealkylation sites (N-methyl/N-ethyl adjacent to an activating group) is 1. The van der Waals surface area contributed by atoms with Gasteiger partial charge in [-0.2, -0.15) is 0 Å². The number of aromatic hydroxyl groups is 1. The first-order valence-electron chi connectivity index (χ1n) is 10.1. The number of benzene rings is 1. The molecule has 170 valence electrons. The minimum atomic E-state index is -2.42. The van der Waals surface area contributed by atoms with Gasteiger partial charge < -0.3 is 31.9 Å². The summed E-state index contributed by atoms with van der Waals surface area (Å²) in [5.74, 6) is -6.79. The molecule has 3 aliphatic rings. The van der Waals surface area contributed by atoms with Crippen LogP contribution in [0.15, 0.2) is 35.1 Å². The molecule has 4 rings (SSSR count). The first-order chi connectivity index (χ1) is 14.8. The highest BCUT2D eigenvalue weighted by Crippen LogP contribution is 2.54. The highest BCUT2D eigenvalue weighted by atomic mass is 16.3. The van der Waals surface area contributed by atoms with Gasteiger partial charge in [-0.05, 0) is 37.7 Å². The fourth-order valence-electron chi connectivity index (χ4n) is 5.53.